The lowest BCUT2D eigenvalue weighted by Gasteiger charge is -2.25. The van der Waals surface area contributed by atoms with E-state index in [0.717, 1.165) is 12.1 Å². The Kier molecular flexibility index (Phi) is 3.08. The fraction of sp³-hybridized carbons (Fsp3) is 0.455. The smallest absolute Gasteiger partial charge is 0.140 e. The quantitative estimate of drug-likeness (QED) is 0.794. The second kappa shape index (κ2) is 4.10. The van der Waals surface area contributed by atoms with Gasteiger partial charge in [-0.1, -0.05) is 6.92 Å². The van der Waals surface area contributed by atoms with Crippen LogP contribution in [-0.4, -0.2) is 10.5 Å². The molecule has 14 heavy (non-hydrogen) atoms. The number of anilines is 1. The minimum Gasteiger partial charge on any atom is -0.379 e. The average Bonchev–Trinajstić information content (AvgIpc) is 2.19. The summed E-state index contributed by atoms with van der Waals surface area (Å²) in [7, 11) is 0. The summed E-state index contributed by atoms with van der Waals surface area (Å²) >= 11 is 0. The minimum atomic E-state index is 0.0653. The normalized spacial score (nSPS) is 10.7. The Morgan fingerprint density at radius 3 is 2.64 bits per heavy atom. The second-order valence-electron chi connectivity index (χ2n) is 3.91. The van der Waals surface area contributed by atoms with Crippen molar-refractivity contribution in [1.29, 1.82) is 5.26 Å². The molecule has 0 saturated carbocycles. The Morgan fingerprint density at radius 1 is 1.50 bits per heavy atom. The zero-order valence-electron chi connectivity index (χ0n) is 8.83. The number of hydrogen-bond acceptors (Lipinski definition) is 3. The largest absolute Gasteiger partial charge is 0.379 e. The van der Waals surface area contributed by atoms with E-state index in [2.05, 4.69) is 31.1 Å². The number of nitrogens with one attached hydrogen (secondary N) is 1. The summed E-state index contributed by atoms with van der Waals surface area (Å²) in [5.74, 6) is 0. The van der Waals surface area contributed by atoms with Gasteiger partial charge in [-0.25, -0.2) is 4.98 Å². The lowest BCUT2D eigenvalue weighted by molar-refractivity contribution is 0.547. The molecule has 0 radical (unpaired) electrons. The Morgan fingerprint density at radius 2 is 2.21 bits per heavy atom. The first kappa shape index (κ1) is 10.5. The van der Waals surface area contributed by atoms with E-state index in [1.165, 1.54) is 0 Å². The topological polar surface area (TPSA) is 48.7 Å². The molecule has 0 saturated heterocycles. The van der Waals surface area contributed by atoms with Crippen LogP contribution in [-0.2, 0) is 0 Å². The van der Waals surface area contributed by atoms with Crippen LogP contribution >= 0.6 is 0 Å². The van der Waals surface area contributed by atoms with Crippen LogP contribution in [0, 0.1) is 11.3 Å². The molecular weight excluding hydrogens is 174 g/mol. The highest BCUT2D eigenvalue weighted by Gasteiger charge is 2.13. The Hall–Kier alpha value is -1.56. The molecule has 0 atom stereocenters. The molecule has 0 aliphatic heterocycles. The molecule has 1 heterocycles. The van der Waals surface area contributed by atoms with E-state index in [9.17, 15) is 0 Å². The molecule has 1 aromatic rings. The van der Waals surface area contributed by atoms with Crippen LogP contribution in [0.1, 0.15) is 32.9 Å². The molecule has 1 aromatic heterocycles. The minimum absolute atomic E-state index is 0.0653. The van der Waals surface area contributed by atoms with Crippen molar-refractivity contribution in [3.8, 4) is 6.07 Å². The van der Waals surface area contributed by atoms with E-state index in [1.54, 1.807) is 12.3 Å². The third-order valence-electron chi connectivity index (χ3n) is 2.24. The molecule has 0 bridgehead atoms. The van der Waals surface area contributed by atoms with E-state index < -0.39 is 0 Å². The first-order valence-corrected chi connectivity index (χ1v) is 4.72. The highest BCUT2D eigenvalue weighted by molar-refractivity contribution is 5.44. The molecule has 0 aliphatic rings. The van der Waals surface area contributed by atoms with Gasteiger partial charge in [-0.2, -0.15) is 5.26 Å². The molecule has 0 spiro atoms. The summed E-state index contributed by atoms with van der Waals surface area (Å²) in [4.78, 5) is 3.99. The highest BCUT2D eigenvalue weighted by Crippen LogP contribution is 2.16. The molecule has 74 valence electrons. The Labute approximate surface area is 84.8 Å². The second-order valence-corrected chi connectivity index (χ2v) is 3.91. The molecule has 1 N–H and O–H groups in total. The van der Waals surface area contributed by atoms with Gasteiger partial charge in [0.25, 0.3) is 0 Å². The van der Waals surface area contributed by atoms with Crippen LogP contribution < -0.4 is 5.32 Å². The number of pyridine rings is 1. The lowest BCUT2D eigenvalue weighted by Crippen LogP contribution is -2.29. The van der Waals surface area contributed by atoms with Crippen LogP contribution in [0.3, 0.4) is 0 Å². The molecule has 3 heteroatoms. The van der Waals surface area contributed by atoms with Crippen LogP contribution in [0.5, 0.6) is 0 Å². The van der Waals surface area contributed by atoms with Gasteiger partial charge in [-0.15, -0.1) is 0 Å². The fourth-order valence-corrected chi connectivity index (χ4v) is 1.01. The standard InChI is InChI=1S/C11H15N3/c1-4-11(2,3)14-10-6-5-9(7-12)13-8-10/h5-6,8,14H,4H2,1-3H3. The molecule has 0 unspecified atom stereocenters. The number of hydrogen-bond donors (Lipinski definition) is 1. The SMILES string of the molecule is CCC(C)(C)Nc1ccc(C#N)nc1. The summed E-state index contributed by atoms with van der Waals surface area (Å²) in [6.45, 7) is 6.39. The van der Waals surface area contributed by atoms with E-state index in [4.69, 9.17) is 5.26 Å². The van der Waals surface area contributed by atoms with Gasteiger partial charge in [0.15, 0.2) is 0 Å². The van der Waals surface area contributed by atoms with Gasteiger partial charge in [0, 0.05) is 5.54 Å². The average molecular weight is 189 g/mol. The van der Waals surface area contributed by atoms with Gasteiger partial charge in [0.2, 0.25) is 0 Å². The van der Waals surface area contributed by atoms with Crippen molar-refractivity contribution < 1.29 is 0 Å². The van der Waals surface area contributed by atoms with Crippen molar-refractivity contribution >= 4 is 5.69 Å². The van der Waals surface area contributed by atoms with Crippen molar-refractivity contribution in [1.82, 2.24) is 4.98 Å². The van der Waals surface area contributed by atoms with Crippen LogP contribution in [0.2, 0.25) is 0 Å². The van der Waals surface area contributed by atoms with Crippen LogP contribution in [0.15, 0.2) is 18.3 Å². The maximum absolute atomic E-state index is 8.57. The highest BCUT2D eigenvalue weighted by atomic mass is 15.0. The predicted molar refractivity (Wildman–Crippen MR) is 56.9 cm³/mol. The van der Waals surface area contributed by atoms with Gasteiger partial charge >= 0.3 is 0 Å². The first-order chi connectivity index (χ1) is 6.57. The van der Waals surface area contributed by atoms with Crippen molar-refractivity contribution in [3.05, 3.63) is 24.0 Å². The number of nitrogens with zero attached hydrogens (tertiary/aromatic N) is 2. The zero-order chi connectivity index (χ0) is 10.6. The summed E-state index contributed by atoms with van der Waals surface area (Å²) < 4.78 is 0. The van der Waals surface area contributed by atoms with E-state index in [-0.39, 0.29) is 5.54 Å². The lowest BCUT2D eigenvalue weighted by atomic mass is 10.0. The monoisotopic (exact) mass is 189 g/mol. The molecule has 0 fully saturated rings. The summed E-state index contributed by atoms with van der Waals surface area (Å²) in [5, 5.41) is 11.9. The molecular formula is C11H15N3. The maximum Gasteiger partial charge on any atom is 0.140 e. The third kappa shape index (κ3) is 2.74. The summed E-state index contributed by atoms with van der Waals surface area (Å²) in [6.07, 6.45) is 2.73. The third-order valence-corrected chi connectivity index (χ3v) is 2.24. The van der Waals surface area contributed by atoms with Crippen LogP contribution in [0.25, 0.3) is 0 Å². The van der Waals surface area contributed by atoms with Gasteiger partial charge in [-0.05, 0) is 32.4 Å². The first-order valence-electron chi connectivity index (χ1n) is 4.72. The maximum atomic E-state index is 8.57. The Balaban J connectivity index is 2.75. The number of rotatable bonds is 3. The van der Waals surface area contributed by atoms with Crippen molar-refractivity contribution in [2.24, 2.45) is 0 Å². The van der Waals surface area contributed by atoms with E-state index in [0.29, 0.717) is 5.69 Å². The van der Waals surface area contributed by atoms with Crippen molar-refractivity contribution in [3.63, 3.8) is 0 Å². The van der Waals surface area contributed by atoms with Crippen LogP contribution in [0.4, 0.5) is 5.69 Å². The molecule has 1 rings (SSSR count). The molecule has 0 aromatic carbocycles. The summed E-state index contributed by atoms with van der Waals surface area (Å²) in [5.41, 5.74) is 1.47. The van der Waals surface area contributed by atoms with E-state index in [1.807, 2.05) is 12.1 Å². The fourth-order valence-electron chi connectivity index (χ4n) is 1.01. The van der Waals surface area contributed by atoms with E-state index >= 15 is 0 Å². The predicted octanol–water partition coefficient (Wildman–Crippen LogP) is 2.55. The number of aromatic nitrogens is 1. The van der Waals surface area contributed by atoms with Gasteiger partial charge in [0.1, 0.15) is 11.8 Å². The number of nitriles is 1. The zero-order valence-corrected chi connectivity index (χ0v) is 8.83. The van der Waals surface area contributed by atoms with Crippen molar-refractivity contribution in [2.45, 2.75) is 32.7 Å². The molecule has 0 amide bonds. The molecule has 0 aliphatic carbocycles. The van der Waals surface area contributed by atoms with Crippen molar-refractivity contribution in [2.75, 3.05) is 5.32 Å². The van der Waals surface area contributed by atoms with Gasteiger partial charge in [0.05, 0.1) is 11.9 Å². The summed E-state index contributed by atoms with van der Waals surface area (Å²) in [6, 6.07) is 5.59. The van der Waals surface area contributed by atoms with Gasteiger partial charge in [-0.3, -0.25) is 0 Å². The molecule has 3 nitrogen and oxygen atoms in total. The van der Waals surface area contributed by atoms with Gasteiger partial charge < -0.3 is 5.32 Å². The Bertz CT molecular complexity index is 333.